The zero-order chi connectivity index (χ0) is 8.27. The van der Waals surface area contributed by atoms with Gasteiger partial charge >= 0.3 is 73.9 Å². The van der Waals surface area contributed by atoms with E-state index in [9.17, 15) is 0 Å². The van der Waals surface area contributed by atoms with Crippen LogP contribution >= 0.6 is 0 Å². The predicted octanol–water partition coefficient (Wildman–Crippen LogP) is 1.11. The second-order valence-corrected chi connectivity index (χ2v) is 3.16. The third-order valence-electron chi connectivity index (χ3n) is 1.27. The van der Waals surface area contributed by atoms with Crippen LogP contribution in [0.15, 0.2) is 29.3 Å². The monoisotopic (exact) mass is 213 g/mol. The van der Waals surface area contributed by atoms with E-state index in [-0.39, 0.29) is 0 Å². The Balaban J connectivity index is 2.91. The summed E-state index contributed by atoms with van der Waals surface area (Å²) < 4.78 is 0.467. The normalized spacial score (nSPS) is 11.5. The maximum atomic E-state index is 5.36. The topological polar surface area (TPSA) is 38.4 Å². The van der Waals surface area contributed by atoms with Gasteiger partial charge < -0.3 is 0 Å². The summed E-state index contributed by atoms with van der Waals surface area (Å²) in [7, 11) is 0. The van der Waals surface area contributed by atoms with Crippen molar-refractivity contribution in [1.29, 1.82) is 0 Å². The first-order chi connectivity index (χ1) is 5.18. The summed E-state index contributed by atoms with van der Waals surface area (Å²) in [5.74, 6) is 0. The van der Waals surface area contributed by atoms with E-state index < -0.39 is 0 Å². The molecular formula is C8H9N2Se. The van der Waals surface area contributed by atoms with Crippen molar-refractivity contribution < 1.29 is 0 Å². The van der Waals surface area contributed by atoms with Gasteiger partial charge in [0.2, 0.25) is 0 Å². The van der Waals surface area contributed by atoms with E-state index in [1.54, 1.807) is 0 Å². The summed E-state index contributed by atoms with van der Waals surface area (Å²) in [4.78, 5) is 4.04. The fraction of sp³-hybridized carbons (Fsp3) is 0.125. The molecular weight excluding hydrogens is 203 g/mol. The predicted molar refractivity (Wildman–Crippen MR) is 48.2 cm³/mol. The van der Waals surface area contributed by atoms with E-state index in [0.717, 1.165) is 5.69 Å². The Kier molecular flexibility index (Phi) is 2.69. The molecule has 2 nitrogen and oxygen atoms in total. The first-order valence-corrected chi connectivity index (χ1v) is 4.12. The van der Waals surface area contributed by atoms with Crippen molar-refractivity contribution in [2.24, 2.45) is 10.7 Å². The molecule has 0 fully saturated rings. The van der Waals surface area contributed by atoms with Crippen molar-refractivity contribution in [3.63, 3.8) is 0 Å². The van der Waals surface area contributed by atoms with Crippen LogP contribution in [0.4, 0.5) is 5.69 Å². The molecule has 3 heteroatoms. The second-order valence-electron chi connectivity index (χ2n) is 2.29. The van der Waals surface area contributed by atoms with Gasteiger partial charge in [-0.05, 0) is 0 Å². The summed E-state index contributed by atoms with van der Waals surface area (Å²) in [6.45, 7) is 2.04. The Bertz CT molecular complexity index is 260. The zero-order valence-electron chi connectivity index (χ0n) is 6.24. The molecule has 1 radical (unpaired) electrons. The molecule has 0 aliphatic carbocycles. The molecule has 0 aliphatic heterocycles. The van der Waals surface area contributed by atoms with E-state index >= 15 is 0 Å². The molecule has 1 rings (SSSR count). The van der Waals surface area contributed by atoms with E-state index in [1.165, 1.54) is 5.56 Å². The van der Waals surface area contributed by atoms with Crippen molar-refractivity contribution in [2.75, 3.05) is 0 Å². The van der Waals surface area contributed by atoms with Gasteiger partial charge in [0.1, 0.15) is 0 Å². The minimum atomic E-state index is 0.467. The fourth-order valence-electron chi connectivity index (χ4n) is 0.747. The Labute approximate surface area is 74.3 Å². The van der Waals surface area contributed by atoms with Crippen molar-refractivity contribution in [1.82, 2.24) is 0 Å². The van der Waals surface area contributed by atoms with Gasteiger partial charge in [-0.3, -0.25) is 0 Å². The first kappa shape index (κ1) is 8.31. The van der Waals surface area contributed by atoms with Crippen molar-refractivity contribution in [3.05, 3.63) is 29.8 Å². The SMILES string of the molecule is Cc1ccc(N=C(N)[Se])cc1. The number of hydrogen-bond acceptors (Lipinski definition) is 1. The van der Waals surface area contributed by atoms with Crippen LogP contribution in [0.1, 0.15) is 5.56 Å². The molecule has 57 valence electrons. The van der Waals surface area contributed by atoms with Gasteiger partial charge in [0.15, 0.2) is 0 Å². The van der Waals surface area contributed by atoms with E-state index in [4.69, 9.17) is 5.73 Å². The van der Waals surface area contributed by atoms with Crippen LogP contribution in [0.25, 0.3) is 0 Å². The first-order valence-electron chi connectivity index (χ1n) is 3.26. The van der Waals surface area contributed by atoms with Crippen LogP contribution in [-0.2, 0) is 0 Å². The van der Waals surface area contributed by atoms with Gasteiger partial charge in [0.05, 0.1) is 0 Å². The van der Waals surface area contributed by atoms with Crippen LogP contribution in [0.3, 0.4) is 0 Å². The number of nitrogens with two attached hydrogens (primary N) is 1. The average molecular weight is 212 g/mol. The summed E-state index contributed by atoms with van der Waals surface area (Å²) >= 11 is 2.63. The number of aliphatic imine (C=N–C) groups is 1. The average Bonchev–Trinajstić information content (AvgIpc) is 1.93. The molecule has 11 heavy (non-hydrogen) atoms. The van der Waals surface area contributed by atoms with Gasteiger partial charge in [-0.15, -0.1) is 0 Å². The van der Waals surface area contributed by atoms with Crippen LogP contribution in [0.2, 0.25) is 0 Å². The van der Waals surface area contributed by atoms with Gasteiger partial charge in [0.25, 0.3) is 0 Å². The van der Waals surface area contributed by atoms with Crippen molar-refractivity contribution >= 4 is 26.4 Å². The molecule has 2 N–H and O–H groups in total. The van der Waals surface area contributed by atoms with Crippen LogP contribution in [-0.4, -0.2) is 20.7 Å². The molecule has 1 aromatic rings. The van der Waals surface area contributed by atoms with Crippen LogP contribution < -0.4 is 5.73 Å². The summed E-state index contributed by atoms with van der Waals surface area (Å²) in [5.41, 5.74) is 7.46. The van der Waals surface area contributed by atoms with Crippen LogP contribution in [0.5, 0.6) is 0 Å². The molecule has 0 heterocycles. The Morgan fingerprint density at radius 1 is 1.36 bits per heavy atom. The number of hydrogen-bond donors (Lipinski definition) is 1. The third-order valence-corrected chi connectivity index (χ3v) is 1.46. The Hall–Kier alpha value is -0.791. The molecule has 0 bridgehead atoms. The Morgan fingerprint density at radius 3 is 2.36 bits per heavy atom. The van der Waals surface area contributed by atoms with Gasteiger partial charge in [-0.25, -0.2) is 0 Å². The zero-order valence-corrected chi connectivity index (χ0v) is 7.96. The summed E-state index contributed by atoms with van der Waals surface area (Å²) in [6, 6.07) is 7.86. The van der Waals surface area contributed by atoms with Gasteiger partial charge in [-0.2, -0.15) is 0 Å². The van der Waals surface area contributed by atoms with Crippen molar-refractivity contribution in [3.8, 4) is 0 Å². The molecule has 0 aromatic heterocycles. The quantitative estimate of drug-likeness (QED) is 0.422. The fourth-order valence-corrected chi connectivity index (χ4v) is 0.968. The van der Waals surface area contributed by atoms with E-state index in [0.29, 0.717) is 4.73 Å². The number of benzene rings is 1. The molecule has 0 unspecified atom stereocenters. The van der Waals surface area contributed by atoms with Crippen LogP contribution in [0, 0.1) is 6.92 Å². The molecule has 0 spiro atoms. The second kappa shape index (κ2) is 3.56. The molecule has 0 saturated carbocycles. The number of nitrogens with zero attached hydrogens (tertiary/aromatic N) is 1. The molecule has 0 aliphatic rings. The van der Waals surface area contributed by atoms with E-state index in [2.05, 4.69) is 21.0 Å². The molecule has 0 atom stereocenters. The third kappa shape index (κ3) is 2.74. The van der Waals surface area contributed by atoms with Crippen molar-refractivity contribution in [2.45, 2.75) is 6.92 Å². The molecule has 0 saturated heterocycles. The van der Waals surface area contributed by atoms with E-state index in [1.807, 2.05) is 31.2 Å². The summed E-state index contributed by atoms with van der Waals surface area (Å²) in [6.07, 6.45) is 0. The maximum absolute atomic E-state index is 5.36. The van der Waals surface area contributed by atoms with Gasteiger partial charge in [0, 0.05) is 0 Å². The molecule has 0 amide bonds. The number of aryl methyl sites for hydroxylation is 1. The van der Waals surface area contributed by atoms with Gasteiger partial charge in [-0.1, -0.05) is 0 Å². The number of amidine groups is 1. The minimum absolute atomic E-state index is 0.467. The standard InChI is InChI=1S/C8H9N2Se/c1-6-2-4-7(5-3-6)10-8(9)11/h2-5H,1H3,(H2,9,10). The molecule has 1 aromatic carbocycles. The summed E-state index contributed by atoms with van der Waals surface area (Å²) in [5, 5.41) is 0. The number of rotatable bonds is 1. The Morgan fingerprint density at radius 2 is 1.91 bits per heavy atom.